The third-order valence-corrected chi connectivity index (χ3v) is 5.09. The van der Waals surface area contributed by atoms with E-state index in [9.17, 15) is 9.59 Å². The molecule has 0 saturated carbocycles. The maximum Gasteiger partial charge on any atom is 0.317 e. The summed E-state index contributed by atoms with van der Waals surface area (Å²) in [5, 5.41) is 3.02. The Morgan fingerprint density at radius 2 is 1.57 bits per heavy atom. The first kappa shape index (κ1) is 21.5. The van der Waals surface area contributed by atoms with E-state index in [0.29, 0.717) is 37.4 Å². The van der Waals surface area contributed by atoms with Crippen LogP contribution in [0.25, 0.3) is 0 Å². The molecule has 7 nitrogen and oxygen atoms in total. The quantitative estimate of drug-likeness (QED) is 0.763. The van der Waals surface area contributed by atoms with Crippen molar-refractivity contribution >= 4 is 29.0 Å². The number of nitrogens with zero attached hydrogens (tertiary/aromatic N) is 3. The predicted octanol–water partition coefficient (Wildman–Crippen LogP) is 3.18. The molecular weight excluding hydrogens is 378 g/mol. The van der Waals surface area contributed by atoms with Crippen LogP contribution in [0.3, 0.4) is 0 Å². The molecule has 1 fully saturated rings. The second-order valence-corrected chi connectivity index (χ2v) is 8.63. The van der Waals surface area contributed by atoms with E-state index in [1.54, 1.807) is 36.2 Å². The van der Waals surface area contributed by atoms with Gasteiger partial charge in [-0.3, -0.25) is 4.79 Å². The Hall–Kier alpha value is -3.22. The number of amides is 3. The third kappa shape index (κ3) is 5.03. The average Bonchev–Trinajstić information content (AvgIpc) is 2.72. The highest BCUT2D eigenvalue weighted by Gasteiger charge is 2.26. The largest absolute Gasteiger partial charge is 0.399 e. The summed E-state index contributed by atoms with van der Waals surface area (Å²) < 4.78 is 0. The first-order valence-electron chi connectivity index (χ1n) is 10.2. The van der Waals surface area contributed by atoms with Gasteiger partial charge < -0.3 is 25.8 Å². The predicted molar refractivity (Wildman–Crippen MR) is 122 cm³/mol. The van der Waals surface area contributed by atoms with Crippen molar-refractivity contribution in [3.63, 3.8) is 0 Å². The average molecular weight is 410 g/mol. The fraction of sp³-hybridized carbons (Fsp3) is 0.391. The summed E-state index contributed by atoms with van der Waals surface area (Å²) in [5.74, 6) is -0.0920. The molecular formula is C23H31N5O2. The van der Waals surface area contributed by atoms with Crippen LogP contribution in [0.4, 0.5) is 21.9 Å². The van der Waals surface area contributed by atoms with E-state index in [1.165, 1.54) is 0 Å². The van der Waals surface area contributed by atoms with Gasteiger partial charge in [-0.2, -0.15) is 0 Å². The number of hydrogen-bond donors (Lipinski definition) is 2. The van der Waals surface area contributed by atoms with Crippen molar-refractivity contribution in [1.82, 2.24) is 10.2 Å². The maximum absolute atomic E-state index is 13.0. The molecule has 0 aliphatic carbocycles. The molecule has 30 heavy (non-hydrogen) atoms. The standard InChI is InChI=1S/C23H31N5O2/c1-23(2,3)25-22(30)28-15-13-27(14-16-28)20-8-6-5-7-19(20)26(4)21(29)17-9-11-18(24)12-10-17/h5-12H,13-16,24H2,1-4H3,(H,25,30). The summed E-state index contributed by atoms with van der Waals surface area (Å²) in [5.41, 5.74) is 8.52. The minimum atomic E-state index is -0.258. The number of carbonyl (C=O) groups excluding carboxylic acids is 2. The van der Waals surface area contributed by atoms with E-state index in [-0.39, 0.29) is 17.5 Å². The van der Waals surface area contributed by atoms with Crippen molar-refractivity contribution in [2.75, 3.05) is 48.8 Å². The van der Waals surface area contributed by atoms with Gasteiger partial charge in [0.05, 0.1) is 11.4 Å². The highest BCUT2D eigenvalue weighted by Crippen LogP contribution is 2.30. The summed E-state index contributed by atoms with van der Waals surface area (Å²) in [7, 11) is 1.78. The van der Waals surface area contributed by atoms with Crippen LogP contribution in [0.1, 0.15) is 31.1 Å². The monoisotopic (exact) mass is 409 g/mol. The van der Waals surface area contributed by atoms with Crippen molar-refractivity contribution in [3.05, 3.63) is 54.1 Å². The van der Waals surface area contributed by atoms with Gasteiger partial charge in [0.1, 0.15) is 0 Å². The molecule has 1 saturated heterocycles. The second kappa shape index (κ2) is 8.65. The molecule has 0 atom stereocenters. The summed E-state index contributed by atoms with van der Waals surface area (Å²) in [4.78, 5) is 31.1. The Morgan fingerprint density at radius 1 is 0.967 bits per heavy atom. The Morgan fingerprint density at radius 3 is 2.17 bits per heavy atom. The van der Waals surface area contributed by atoms with Crippen LogP contribution >= 0.6 is 0 Å². The van der Waals surface area contributed by atoms with Crippen LogP contribution in [-0.4, -0.2) is 55.6 Å². The fourth-order valence-electron chi connectivity index (χ4n) is 3.49. The Balaban J connectivity index is 1.72. The van der Waals surface area contributed by atoms with Crippen LogP contribution < -0.4 is 20.9 Å². The minimum Gasteiger partial charge on any atom is -0.399 e. The molecule has 0 bridgehead atoms. The second-order valence-electron chi connectivity index (χ2n) is 8.63. The van der Waals surface area contributed by atoms with E-state index in [0.717, 1.165) is 11.4 Å². The fourth-order valence-corrected chi connectivity index (χ4v) is 3.49. The van der Waals surface area contributed by atoms with Crippen molar-refractivity contribution < 1.29 is 9.59 Å². The first-order chi connectivity index (χ1) is 14.2. The van der Waals surface area contributed by atoms with Gasteiger partial charge >= 0.3 is 6.03 Å². The number of carbonyl (C=O) groups is 2. The summed E-state index contributed by atoms with van der Waals surface area (Å²) in [6, 6.07) is 14.8. The molecule has 2 aromatic rings. The SMILES string of the molecule is CN(C(=O)c1ccc(N)cc1)c1ccccc1N1CCN(C(=O)NC(C)(C)C)CC1. The Kier molecular flexibility index (Phi) is 6.20. The number of para-hydroxylation sites is 2. The molecule has 3 rings (SSSR count). The molecule has 3 amide bonds. The topological polar surface area (TPSA) is 81.9 Å². The number of nitrogens with one attached hydrogen (secondary N) is 1. The van der Waals surface area contributed by atoms with Crippen molar-refractivity contribution in [1.29, 1.82) is 0 Å². The van der Waals surface area contributed by atoms with Crippen LogP contribution in [0.2, 0.25) is 0 Å². The highest BCUT2D eigenvalue weighted by atomic mass is 16.2. The van der Waals surface area contributed by atoms with E-state index >= 15 is 0 Å². The van der Waals surface area contributed by atoms with Crippen LogP contribution in [0, 0.1) is 0 Å². The zero-order chi connectivity index (χ0) is 21.9. The molecule has 0 radical (unpaired) electrons. The van der Waals surface area contributed by atoms with Gasteiger partial charge in [-0.15, -0.1) is 0 Å². The van der Waals surface area contributed by atoms with Crippen molar-refractivity contribution in [2.45, 2.75) is 26.3 Å². The van der Waals surface area contributed by atoms with E-state index in [2.05, 4.69) is 10.2 Å². The van der Waals surface area contributed by atoms with Crippen LogP contribution in [0.15, 0.2) is 48.5 Å². The number of benzene rings is 2. The van der Waals surface area contributed by atoms with Gasteiger partial charge in [-0.05, 0) is 57.2 Å². The summed E-state index contributed by atoms with van der Waals surface area (Å²) in [6.07, 6.45) is 0. The molecule has 0 spiro atoms. The minimum absolute atomic E-state index is 0.0360. The number of anilines is 3. The molecule has 7 heteroatoms. The lowest BCUT2D eigenvalue weighted by atomic mass is 10.1. The van der Waals surface area contributed by atoms with Gasteiger partial charge in [0, 0.05) is 50.0 Å². The van der Waals surface area contributed by atoms with Gasteiger partial charge in [0.25, 0.3) is 5.91 Å². The van der Waals surface area contributed by atoms with Crippen molar-refractivity contribution in [2.24, 2.45) is 0 Å². The van der Waals surface area contributed by atoms with Crippen molar-refractivity contribution in [3.8, 4) is 0 Å². The van der Waals surface area contributed by atoms with Gasteiger partial charge in [0.15, 0.2) is 0 Å². The molecule has 1 aliphatic heterocycles. The molecule has 3 N–H and O–H groups in total. The lowest BCUT2D eigenvalue weighted by Gasteiger charge is -2.38. The molecule has 1 aliphatic rings. The van der Waals surface area contributed by atoms with Gasteiger partial charge in [-0.25, -0.2) is 4.79 Å². The number of nitrogens with two attached hydrogens (primary N) is 1. The van der Waals surface area contributed by atoms with E-state index in [1.807, 2.05) is 49.9 Å². The lowest BCUT2D eigenvalue weighted by Crippen LogP contribution is -2.55. The first-order valence-corrected chi connectivity index (χ1v) is 10.2. The summed E-state index contributed by atoms with van der Waals surface area (Å²) in [6.45, 7) is 8.61. The third-order valence-electron chi connectivity index (χ3n) is 5.09. The van der Waals surface area contributed by atoms with Gasteiger partial charge in [-0.1, -0.05) is 12.1 Å². The van der Waals surface area contributed by atoms with Gasteiger partial charge in [0.2, 0.25) is 0 Å². The highest BCUT2D eigenvalue weighted by molar-refractivity contribution is 6.07. The number of piperazine rings is 1. The van der Waals surface area contributed by atoms with E-state index < -0.39 is 0 Å². The molecule has 1 heterocycles. The Bertz CT molecular complexity index is 897. The molecule has 160 valence electrons. The molecule has 0 aromatic heterocycles. The number of hydrogen-bond acceptors (Lipinski definition) is 4. The van der Waals surface area contributed by atoms with Crippen LogP contribution in [0.5, 0.6) is 0 Å². The number of rotatable bonds is 3. The van der Waals surface area contributed by atoms with E-state index in [4.69, 9.17) is 5.73 Å². The lowest BCUT2D eigenvalue weighted by molar-refractivity contribution is 0.0993. The summed E-state index contributed by atoms with van der Waals surface area (Å²) >= 11 is 0. The number of nitrogen functional groups attached to an aromatic ring is 1. The van der Waals surface area contributed by atoms with Crippen LogP contribution in [-0.2, 0) is 0 Å². The Labute approximate surface area is 178 Å². The maximum atomic E-state index is 13.0. The molecule has 0 unspecified atom stereocenters. The molecule has 2 aromatic carbocycles. The zero-order valence-corrected chi connectivity index (χ0v) is 18.2. The number of urea groups is 1. The zero-order valence-electron chi connectivity index (χ0n) is 18.2. The smallest absolute Gasteiger partial charge is 0.317 e. The normalized spacial score (nSPS) is 14.4.